The zero-order chi connectivity index (χ0) is 21.7. The van der Waals surface area contributed by atoms with Gasteiger partial charge in [0.25, 0.3) is 5.91 Å². The summed E-state index contributed by atoms with van der Waals surface area (Å²) in [5.74, 6) is 2.37. The third kappa shape index (κ3) is 5.49. The third-order valence-corrected chi connectivity index (χ3v) is 7.94. The van der Waals surface area contributed by atoms with Crippen LogP contribution in [-0.4, -0.2) is 34.4 Å². The van der Waals surface area contributed by atoms with Gasteiger partial charge < -0.3 is 15.5 Å². The predicted molar refractivity (Wildman–Crippen MR) is 125 cm³/mol. The highest BCUT2D eigenvalue weighted by molar-refractivity contribution is 5.90. The molecule has 2 saturated carbocycles. The lowest BCUT2D eigenvalue weighted by Gasteiger charge is -2.37. The average molecular weight is 425 g/mol. The first-order valence-electron chi connectivity index (χ1n) is 12.4. The summed E-state index contributed by atoms with van der Waals surface area (Å²) in [6.07, 6.45) is 18.4. The Hall–Kier alpha value is -1.88. The van der Waals surface area contributed by atoms with E-state index in [1.807, 2.05) is 25.5 Å². The van der Waals surface area contributed by atoms with Gasteiger partial charge in [-0.1, -0.05) is 57.6 Å². The topological polar surface area (TPSA) is 57.3 Å². The van der Waals surface area contributed by atoms with Gasteiger partial charge in [0.2, 0.25) is 0 Å². The minimum atomic E-state index is -0.445. The Morgan fingerprint density at radius 2 is 2.00 bits per heavy atom. The highest BCUT2D eigenvalue weighted by Gasteiger charge is 2.48. The van der Waals surface area contributed by atoms with Crippen molar-refractivity contribution >= 4 is 5.91 Å². The van der Waals surface area contributed by atoms with Gasteiger partial charge in [0.1, 0.15) is 11.4 Å². The second kappa shape index (κ2) is 10.2. The Morgan fingerprint density at radius 1 is 1.19 bits per heavy atom. The molecule has 3 atom stereocenters. The second-order valence-electron chi connectivity index (χ2n) is 10.2. The molecule has 2 aliphatic carbocycles. The maximum atomic E-state index is 13.4. The summed E-state index contributed by atoms with van der Waals surface area (Å²) in [4.78, 5) is 19.3. The number of nitrogens with one attached hydrogen (secondary N) is 2. The molecule has 1 saturated heterocycles. The van der Waals surface area contributed by atoms with Crippen molar-refractivity contribution in [3.05, 3.63) is 42.5 Å². The third-order valence-electron chi connectivity index (χ3n) is 7.94. The summed E-state index contributed by atoms with van der Waals surface area (Å²) in [6.45, 7) is 4.99. The molecule has 0 unspecified atom stereocenters. The first-order valence-corrected chi connectivity index (χ1v) is 12.4. The van der Waals surface area contributed by atoms with Crippen LogP contribution in [0.4, 0.5) is 0 Å². The molecule has 1 aromatic rings. The van der Waals surface area contributed by atoms with Gasteiger partial charge >= 0.3 is 0 Å². The lowest BCUT2D eigenvalue weighted by atomic mass is 9.74. The fraction of sp³-hybridized carbons (Fsp3) is 0.692. The summed E-state index contributed by atoms with van der Waals surface area (Å²) in [7, 11) is 1.87. The van der Waals surface area contributed by atoms with Crippen LogP contribution >= 0.6 is 0 Å². The molecule has 170 valence electrons. The van der Waals surface area contributed by atoms with Gasteiger partial charge in [0, 0.05) is 32.0 Å². The highest BCUT2D eigenvalue weighted by Crippen LogP contribution is 2.39. The number of likely N-dealkylation sites (N-methyl/N-ethyl adjacent to an activating group) is 1. The Morgan fingerprint density at radius 3 is 2.71 bits per heavy atom. The van der Waals surface area contributed by atoms with E-state index >= 15 is 0 Å². The molecule has 1 aliphatic heterocycles. The van der Waals surface area contributed by atoms with Crippen molar-refractivity contribution in [3.8, 4) is 0 Å². The fourth-order valence-electron chi connectivity index (χ4n) is 6.11. The summed E-state index contributed by atoms with van der Waals surface area (Å²) >= 11 is 0. The number of pyridine rings is 1. The molecule has 0 aromatic carbocycles. The van der Waals surface area contributed by atoms with E-state index < -0.39 is 5.54 Å². The molecule has 0 radical (unpaired) electrons. The van der Waals surface area contributed by atoms with E-state index in [1.165, 1.54) is 56.9 Å². The first kappa shape index (κ1) is 22.3. The number of rotatable bonds is 8. The standard InChI is InChI=1S/C26H40N4O/c1-20-29-26(25(31)30(20)2,14-13-21-8-4-3-5-9-21)17-22-10-6-12-24(16-22)28-19-23-11-7-15-27-18-23/h7,11,15,18,21-22,24,28-29H,1,3-6,8-10,12-14,16-17,19H2,2H3/t22-,24+,26+/m0/s1. The second-order valence-corrected chi connectivity index (χ2v) is 10.2. The van der Waals surface area contributed by atoms with E-state index in [1.54, 1.807) is 4.90 Å². The lowest BCUT2D eigenvalue weighted by molar-refractivity contribution is -0.132. The SMILES string of the molecule is C=C1N[C@](CCC2CCCCC2)(C[C@H]2CCC[C@@H](NCc3cccnc3)C2)C(=O)N1C. The van der Waals surface area contributed by atoms with E-state index in [0.29, 0.717) is 12.0 Å². The number of carbonyl (C=O) groups is 1. The first-order chi connectivity index (χ1) is 15.1. The van der Waals surface area contributed by atoms with Crippen molar-refractivity contribution in [2.75, 3.05) is 7.05 Å². The van der Waals surface area contributed by atoms with Crippen LogP contribution in [0.15, 0.2) is 36.9 Å². The quantitative estimate of drug-likeness (QED) is 0.632. The number of carbonyl (C=O) groups excluding carboxylic acids is 1. The highest BCUT2D eigenvalue weighted by atomic mass is 16.2. The van der Waals surface area contributed by atoms with Crippen molar-refractivity contribution in [3.63, 3.8) is 0 Å². The summed E-state index contributed by atoms with van der Waals surface area (Å²) < 4.78 is 0. The van der Waals surface area contributed by atoms with Crippen LogP contribution in [0.3, 0.4) is 0 Å². The molecule has 3 aliphatic rings. The van der Waals surface area contributed by atoms with E-state index in [0.717, 1.165) is 44.0 Å². The van der Waals surface area contributed by atoms with Crippen LogP contribution in [0, 0.1) is 11.8 Å². The zero-order valence-electron chi connectivity index (χ0n) is 19.2. The molecule has 31 heavy (non-hydrogen) atoms. The van der Waals surface area contributed by atoms with Gasteiger partial charge in [-0.25, -0.2) is 0 Å². The number of hydrogen-bond donors (Lipinski definition) is 2. The van der Waals surface area contributed by atoms with E-state index in [-0.39, 0.29) is 5.91 Å². The smallest absolute Gasteiger partial charge is 0.253 e. The van der Waals surface area contributed by atoms with Gasteiger partial charge in [-0.2, -0.15) is 0 Å². The normalized spacial score (nSPS) is 29.9. The molecule has 3 fully saturated rings. The number of hydrogen-bond acceptors (Lipinski definition) is 4. The minimum Gasteiger partial charge on any atom is -0.358 e. The van der Waals surface area contributed by atoms with Gasteiger partial charge in [0.15, 0.2) is 0 Å². The Kier molecular flexibility index (Phi) is 7.31. The van der Waals surface area contributed by atoms with Gasteiger partial charge in [0.05, 0.1) is 0 Å². The van der Waals surface area contributed by atoms with Crippen molar-refractivity contribution in [1.82, 2.24) is 20.5 Å². The molecular formula is C26H40N4O. The zero-order valence-corrected chi connectivity index (χ0v) is 19.2. The number of aromatic nitrogens is 1. The van der Waals surface area contributed by atoms with Crippen LogP contribution in [0.5, 0.6) is 0 Å². The Balaban J connectivity index is 1.37. The molecule has 5 nitrogen and oxygen atoms in total. The number of nitrogens with zero attached hydrogens (tertiary/aromatic N) is 2. The van der Waals surface area contributed by atoms with Gasteiger partial charge in [-0.3, -0.25) is 9.78 Å². The van der Waals surface area contributed by atoms with Crippen LogP contribution in [0.25, 0.3) is 0 Å². The van der Waals surface area contributed by atoms with Crippen molar-refractivity contribution in [2.24, 2.45) is 11.8 Å². The van der Waals surface area contributed by atoms with Crippen molar-refractivity contribution in [2.45, 2.75) is 95.2 Å². The Bertz CT molecular complexity index is 745. The molecular weight excluding hydrogens is 384 g/mol. The Labute approximate surface area is 188 Å². The summed E-state index contributed by atoms with van der Waals surface area (Å²) in [5, 5.41) is 7.32. The van der Waals surface area contributed by atoms with Crippen LogP contribution in [0.2, 0.25) is 0 Å². The monoisotopic (exact) mass is 424 g/mol. The van der Waals surface area contributed by atoms with Crippen LogP contribution in [-0.2, 0) is 11.3 Å². The van der Waals surface area contributed by atoms with Gasteiger partial charge in [-0.05, 0) is 55.6 Å². The molecule has 0 bridgehead atoms. The van der Waals surface area contributed by atoms with Crippen LogP contribution < -0.4 is 10.6 Å². The molecule has 4 rings (SSSR count). The van der Waals surface area contributed by atoms with Crippen molar-refractivity contribution in [1.29, 1.82) is 0 Å². The van der Waals surface area contributed by atoms with Gasteiger partial charge in [-0.15, -0.1) is 0 Å². The average Bonchev–Trinajstić information content (AvgIpc) is 3.01. The van der Waals surface area contributed by atoms with Crippen molar-refractivity contribution < 1.29 is 4.79 Å². The summed E-state index contributed by atoms with van der Waals surface area (Å²) in [6, 6.07) is 4.65. The largest absolute Gasteiger partial charge is 0.358 e. The maximum absolute atomic E-state index is 13.4. The molecule has 1 aromatic heterocycles. The fourth-order valence-corrected chi connectivity index (χ4v) is 6.11. The lowest BCUT2D eigenvalue weighted by Crippen LogP contribution is -2.49. The summed E-state index contributed by atoms with van der Waals surface area (Å²) in [5.41, 5.74) is 0.790. The minimum absolute atomic E-state index is 0.235. The van der Waals surface area contributed by atoms with E-state index in [4.69, 9.17) is 0 Å². The number of amides is 1. The van der Waals surface area contributed by atoms with E-state index in [2.05, 4.69) is 28.3 Å². The molecule has 2 heterocycles. The molecule has 2 N–H and O–H groups in total. The molecule has 1 amide bonds. The molecule has 0 spiro atoms. The molecule has 5 heteroatoms. The maximum Gasteiger partial charge on any atom is 0.253 e. The predicted octanol–water partition coefficient (Wildman–Crippen LogP) is 4.75. The van der Waals surface area contributed by atoms with E-state index in [9.17, 15) is 4.79 Å². The van der Waals surface area contributed by atoms with Crippen LogP contribution in [0.1, 0.15) is 82.6 Å².